The normalized spacial score (nSPS) is 16.8. The van der Waals surface area contributed by atoms with Crippen LogP contribution in [-0.4, -0.2) is 81.7 Å². The highest BCUT2D eigenvalue weighted by Crippen LogP contribution is 2.28. The first kappa shape index (κ1) is 24.8. The highest BCUT2D eigenvalue weighted by atomic mass is 35.5. The van der Waals surface area contributed by atoms with Crippen LogP contribution in [0.1, 0.15) is 39.2 Å². The Kier molecular flexibility index (Phi) is 10.8. The molecule has 1 fully saturated rings. The van der Waals surface area contributed by atoms with E-state index in [2.05, 4.69) is 64.2 Å². The molecule has 1 aromatic carbocycles. The first-order valence-corrected chi connectivity index (χ1v) is 11.8. The van der Waals surface area contributed by atoms with Crippen molar-refractivity contribution < 1.29 is 0 Å². The minimum atomic E-state index is 0.370. The predicted molar refractivity (Wildman–Crippen MR) is 131 cm³/mol. The molecule has 1 heterocycles. The maximum Gasteiger partial charge on any atom is 0.191 e. The average Bonchev–Trinajstić information content (AvgIpc) is 2.75. The molecule has 0 amide bonds. The third-order valence-electron chi connectivity index (χ3n) is 5.98. The maximum absolute atomic E-state index is 6.59. The van der Waals surface area contributed by atoms with Gasteiger partial charge in [0.2, 0.25) is 0 Å². The molecular weight excluding hydrogens is 396 g/mol. The largest absolute Gasteiger partial charge is 0.369 e. The van der Waals surface area contributed by atoms with Gasteiger partial charge in [-0.1, -0.05) is 31.5 Å². The summed E-state index contributed by atoms with van der Waals surface area (Å²) in [5.74, 6) is 0.828. The van der Waals surface area contributed by atoms with Crippen LogP contribution in [0.5, 0.6) is 0 Å². The molecule has 0 radical (unpaired) electrons. The number of nitrogens with one attached hydrogen (secondary N) is 2. The number of benzene rings is 1. The van der Waals surface area contributed by atoms with E-state index in [4.69, 9.17) is 11.6 Å². The van der Waals surface area contributed by atoms with Crippen molar-refractivity contribution in [3.05, 3.63) is 28.8 Å². The Bertz CT molecular complexity index is 653. The fraction of sp³-hybridized carbons (Fsp3) is 0.696. The minimum Gasteiger partial charge on any atom is -0.369 e. The van der Waals surface area contributed by atoms with Crippen molar-refractivity contribution in [2.24, 2.45) is 4.99 Å². The molecule has 0 bridgehead atoms. The number of anilines is 1. The van der Waals surface area contributed by atoms with Crippen molar-refractivity contribution in [1.82, 2.24) is 20.4 Å². The van der Waals surface area contributed by atoms with Gasteiger partial charge in [0.1, 0.15) is 0 Å². The van der Waals surface area contributed by atoms with E-state index in [1.807, 2.05) is 19.2 Å². The number of guanidine groups is 1. The van der Waals surface area contributed by atoms with Crippen molar-refractivity contribution in [3.8, 4) is 0 Å². The summed E-state index contributed by atoms with van der Waals surface area (Å²) in [5, 5.41) is 7.81. The van der Waals surface area contributed by atoms with Crippen LogP contribution in [0.2, 0.25) is 5.02 Å². The van der Waals surface area contributed by atoms with Gasteiger partial charge < -0.3 is 25.3 Å². The second-order valence-electron chi connectivity index (χ2n) is 8.17. The van der Waals surface area contributed by atoms with Gasteiger partial charge in [-0.2, -0.15) is 0 Å². The zero-order valence-corrected chi connectivity index (χ0v) is 20.3. The molecule has 1 aliphatic rings. The lowest BCUT2D eigenvalue weighted by atomic mass is 10.1. The number of halogens is 1. The van der Waals surface area contributed by atoms with Crippen LogP contribution in [-0.2, 0) is 6.54 Å². The van der Waals surface area contributed by atoms with Gasteiger partial charge in [0, 0.05) is 62.1 Å². The van der Waals surface area contributed by atoms with Gasteiger partial charge in [0.25, 0.3) is 0 Å². The Hall–Kier alpha value is -1.50. The Labute approximate surface area is 188 Å². The summed E-state index contributed by atoms with van der Waals surface area (Å²) in [4.78, 5) is 11.7. The molecule has 30 heavy (non-hydrogen) atoms. The van der Waals surface area contributed by atoms with Crippen LogP contribution < -0.4 is 15.5 Å². The summed E-state index contributed by atoms with van der Waals surface area (Å²) in [5.41, 5.74) is 2.37. The molecule has 1 unspecified atom stereocenters. The molecule has 1 aliphatic heterocycles. The molecule has 1 atom stereocenters. The van der Waals surface area contributed by atoms with Gasteiger partial charge in [0.15, 0.2) is 5.96 Å². The van der Waals surface area contributed by atoms with E-state index >= 15 is 0 Å². The number of nitrogens with zero attached hydrogens (tertiary/aromatic N) is 4. The summed E-state index contributed by atoms with van der Waals surface area (Å²) in [6.45, 7) is 14.9. The highest BCUT2D eigenvalue weighted by Gasteiger charge is 2.18. The van der Waals surface area contributed by atoms with Crippen molar-refractivity contribution in [1.29, 1.82) is 0 Å². The SMILES string of the molecule is CCN(CC)CCCC(C)NC(=NC)NCc1c(Cl)cccc1N1CCN(C)CC1. The van der Waals surface area contributed by atoms with Gasteiger partial charge in [-0.05, 0) is 58.6 Å². The van der Waals surface area contributed by atoms with Crippen molar-refractivity contribution in [3.63, 3.8) is 0 Å². The minimum absolute atomic E-state index is 0.370. The standard InChI is InChI=1S/C23H41ClN6/c1-6-29(7-2)13-9-10-19(3)27-23(25-4)26-18-20-21(24)11-8-12-22(20)30-16-14-28(5)15-17-30/h8,11-12,19H,6-7,9-10,13-18H2,1-5H3,(H2,25,26,27). The topological polar surface area (TPSA) is 46.1 Å². The average molecular weight is 437 g/mol. The van der Waals surface area contributed by atoms with Crippen molar-refractivity contribution >= 4 is 23.2 Å². The Morgan fingerprint density at radius 3 is 2.53 bits per heavy atom. The van der Waals surface area contributed by atoms with Crippen LogP contribution in [0.25, 0.3) is 0 Å². The highest BCUT2D eigenvalue weighted by molar-refractivity contribution is 6.31. The third-order valence-corrected chi connectivity index (χ3v) is 6.34. The van der Waals surface area contributed by atoms with Gasteiger partial charge in [-0.3, -0.25) is 4.99 Å². The molecule has 1 aromatic rings. The van der Waals surface area contributed by atoms with E-state index in [1.165, 1.54) is 12.1 Å². The number of hydrogen-bond acceptors (Lipinski definition) is 4. The smallest absolute Gasteiger partial charge is 0.191 e. The second kappa shape index (κ2) is 13.0. The number of likely N-dealkylation sites (N-methyl/N-ethyl adjacent to an activating group) is 1. The van der Waals surface area contributed by atoms with E-state index in [9.17, 15) is 0 Å². The summed E-state index contributed by atoms with van der Waals surface area (Å²) in [6.07, 6.45) is 2.31. The van der Waals surface area contributed by atoms with Gasteiger partial charge >= 0.3 is 0 Å². The lowest BCUT2D eigenvalue weighted by Crippen LogP contribution is -2.45. The quantitative estimate of drug-likeness (QED) is 0.435. The number of aliphatic imine (C=N–C) groups is 1. The summed E-state index contributed by atoms with van der Waals surface area (Å²) in [6, 6.07) is 6.57. The first-order chi connectivity index (χ1) is 14.5. The van der Waals surface area contributed by atoms with E-state index in [0.717, 1.165) is 68.8 Å². The van der Waals surface area contributed by atoms with E-state index in [0.29, 0.717) is 12.6 Å². The van der Waals surface area contributed by atoms with Crippen LogP contribution >= 0.6 is 11.6 Å². The molecule has 6 nitrogen and oxygen atoms in total. The number of rotatable bonds is 10. The zero-order valence-electron chi connectivity index (χ0n) is 19.5. The predicted octanol–water partition coefficient (Wildman–Crippen LogP) is 3.27. The van der Waals surface area contributed by atoms with Crippen LogP contribution in [0.15, 0.2) is 23.2 Å². The van der Waals surface area contributed by atoms with E-state index in [-0.39, 0.29) is 0 Å². The molecule has 2 rings (SSSR count). The number of piperazine rings is 1. The fourth-order valence-corrected chi connectivity index (χ4v) is 4.14. The molecule has 1 saturated heterocycles. The summed E-state index contributed by atoms with van der Waals surface area (Å²) >= 11 is 6.59. The number of hydrogen-bond donors (Lipinski definition) is 2. The first-order valence-electron chi connectivity index (χ1n) is 11.4. The molecule has 0 spiro atoms. The Balaban J connectivity index is 1.90. The van der Waals surface area contributed by atoms with Crippen molar-refractivity contribution in [2.45, 2.75) is 46.2 Å². The van der Waals surface area contributed by atoms with Gasteiger partial charge in [-0.15, -0.1) is 0 Å². The molecule has 170 valence electrons. The summed E-state index contributed by atoms with van der Waals surface area (Å²) < 4.78 is 0. The van der Waals surface area contributed by atoms with Crippen LogP contribution in [0.3, 0.4) is 0 Å². The van der Waals surface area contributed by atoms with Crippen LogP contribution in [0.4, 0.5) is 5.69 Å². The monoisotopic (exact) mass is 436 g/mol. The maximum atomic E-state index is 6.59. The molecule has 0 aliphatic carbocycles. The lowest BCUT2D eigenvalue weighted by molar-refractivity contribution is 0.292. The third kappa shape index (κ3) is 7.64. The fourth-order valence-electron chi connectivity index (χ4n) is 3.90. The molecule has 0 saturated carbocycles. The van der Waals surface area contributed by atoms with Gasteiger partial charge in [0.05, 0.1) is 0 Å². The Morgan fingerprint density at radius 2 is 1.90 bits per heavy atom. The molecule has 0 aromatic heterocycles. The lowest BCUT2D eigenvalue weighted by Gasteiger charge is -2.35. The van der Waals surface area contributed by atoms with E-state index < -0.39 is 0 Å². The molecule has 7 heteroatoms. The second-order valence-corrected chi connectivity index (χ2v) is 8.58. The zero-order chi connectivity index (χ0) is 21.9. The molecule has 2 N–H and O–H groups in total. The molecular formula is C23H41ClN6. The van der Waals surface area contributed by atoms with E-state index in [1.54, 1.807) is 0 Å². The van der Waals surface area contributed by atoms with Crippen LogP contribution in [0, 0.1) is 0 Å². The Morgan fingerprint density at radius 1 is 1.20 bits per heavy atom. The van der Waals surface area contributed by atoms with Crippen molar-refractivity contribution in [2.75, 3.05) is 64.8 Å². The van der Waals surface area contributed by atoms with Gasteiger partial charge in [-0.25, -0.2) is 0 Å². The summed E-state index contributed by atoms with van der Waals surface area (Å²) in [7, 11) is 4.00.